The fraction of sp³-hybridized carbons (Fsp3) is 0.412. The SMILES string of the molecule is CCC(N)Cc1ccc(N(CC)Cc2ccco2)c(Cl)c1. The van der Waals surface area contributed by atoms with Crippen molar-refractivity contribution < 1.29 is 4.42 Å². The Morgan fingerprint density at radius 2 is 2.10 bits per heavy atom. The van der Waals surface area contributed by atoms with E-state index in [1.807, 2.05) is 18.2 Å². The van der Waals surface area contributed by atoms with Crippen LogP contribution in [0.1, 0.15) is 31.6 Å². The van der Waals surface area contributed by atoms with Gasteiger partial charge >= 0.3 is 0 Å². The van der Waals surface area contributed by atoms with Crippen molar-refractivity contribution in [3.63, 3.8) is 0 Å². The molecule has 1 unspecified atom stereocenters. The van der Waals surface area contributed by atoms with Crippen molar-refractivity contribution >= 4 is 17.3 Å². The molecule has 0 aliphatic carbocycles. The number of hydrogen-bond acceptors (Lipinski definition) is 3. The average molecular weight is 307 g/mol. The Bertz CT molecular complexity index is 554. The summed E-state index contributed by atoms with van der Waals surface area (Å²) in [6, 6.07) is 10.3. The maximum Gasteiger partial charge on any atom is 0.123 e. The van der Waals surface area contributed by atoms with Crippen molar-refractivity contribution in [2.45, 2.75) is 39.3 Å². The molecular weight excluding hydrogens is 284 g/mol. The van der Waals surface area contributed by atoms with E-state index in [1.165, 1.54) is 5.56 Å². The molecule has 0 aliphatic rings. The van der Waals surface area contributed by atoms with Gasteiger partial charge in [-0.2, -0.15) is 0 Å². The molecule has 4 heteroatoms. The molecule has 114 valence electrons. The van der Waals surface area contributed by atoms with Crippen LogP contribution in [0.2, 0.25) is 5.02 Å². The third-order valence-corrected chi connectivity index (χ3v) is 3.99. The third kappa shape index (κ3) is 4.26. The lowest BCUT2D eigenvalue weighted by molar-refractivity contribution is 0.503. The topological polar surface area (TPSA) is 42.4 Å². The quantitative estimate of drug-likeness (QED) is 0.832. The number of hydrogen-bond donors (Lipinski definition) is 1. The first-order valence-corrected chi connectivity index (χ1v) is 7.83. The predicted molar refractivity (Wildman–Crippen MR) is 88.9 cm³/mol. The van der Waals surface area contributed by atoms with Crippen molar-refractivity contribution in [2.24, 2.45) is 5.73 Å². The maximum absolute atomic E-state index is 6.46. The molecule has 1 heterocycles. The van der Waals surface area contributed by atoms with Gasteiger partial charge in [-0.3, -0.25) is 0 Å². The summed E-state index contributed by atoms with van der Waals surface area (Å²) in [5.41, 5.74) is 8.22. The van der Waals surface area contributed by atoms with Crippen LogP contribution in [0.15, 0.2) is 41.0 Å². The molecule has 2 aromatic rings. The average Bonchev–Trinajstić information content (AvgIpc) is 2.98. The van der Waals surface area contributed by atoms with Crippen LogP contribution < -0.4 is 10.6 Å². The predicted octanol–water partition coefficient (Wildman–Crippen LogP) is 4.24. The number of nitrogens with zero attached hydrogens (tertiary/aromatic N) is 1. The molecule has 0 amide bonds. The molecule has 0 saturated carbocycles. The second-order valence-corrected chi connectivity index (χ2v) is 5.66. The molecule has 0 aliphatic heterocycles. The summed E-state index contributed by atoms with van der Waals surface area (Å²) < 4.78 is 5.42. The smallest absolute Gasteiger partial charge is 0.123 e. The highest BCUT2D eigenvalue weighted by atomic mass is 35.5. The van der Waals surface area contributed by atoms with Crippen LogP contribution in [0.5, 0.6) is 0 Å². The minimum absolute atomic E-state index is 0.192. The Labute approximate surface area is 131 Å². The van der Waals surface area contributed by atoms with Crippen LogP contribution in [0, 0.1) is 0 Å². The Kier molecular flexibility index (Phi) is 5.71. The van der Waals surface area contributed by atoms with Crippen LogP contribution in [-0.4, -0.2) is 12.6 Å². The standard InChI is InChI=1S/C17H23ClN2O/c1-3-14(19)10-13-7-8-17(16(18)11-13)20(4-2)12-15-6-5-9-21-15/h5-9,11,14H,3-4,10,12,19H2,1-2H3. The summed E-state index contributed by atoms with van der Waals surface area (Å²) in [6.07, 6.45) is 3.53. The van der Waals surface area contributed by atoms with E-state index in [2.05, 4.69) is 30.9 Å². The van der Waals surface area contributed by atoms with E-state index in [4.69, 9.17) is 21.8 Å². The first-order valence-electron chi connectivity index (χ1n) is 7.45. The van der Waals surface area contributed by atoms with E-state index in [0.29, 0.717) is 0 Å². The van der Waals surface area contributed by atoms with E-state index in [-0.39, 0.29) is 6.04 Å². The van der Waals surface area contributed by atoms with Crippen molar-refractivity contribution in [3.8, 4) is 0 Å². The van der Waals surface area contributed by atoms with Crippen LogP contribution in [0.4, 0.5) is 5.69 Å². The summed E-state index contributed by atoms with van der Waals surface area (Å²) in [5, 5.41) is 0.768. The van der Waals surface area contributed by atoms with Gasteiger partial charge in [-0.1, -0.05) is 24.6 Å². The Hall–Kier alpha value is -1.45. The normalized spacial score (nSPS) is 12.4. The highest BCUT2D eigenvalue weighted by Crippen LogP contribution is 2.28. The number of rotatable bonds is 7. The number of nitrogens with two attached hydrogens (primary N) is 1. The monoisotopic (exact) mass is 306 g/mol. The van der Waals surface area contributed by atoms with Gasteiger partial charge in [0.15, 0.2) is 0 Å². The van der Waals surface area contributed by atoms with Gasteiger partial charge in [0.1, 0.15) is 5.76 Å². The van der Waals surface area contributed by atoms with Gasteiger partial charge in [-0.05, 0) is 49.6 Å². The first-order chi connectivity index (χ1) is 10.1. The van der Waals surface area contributed by atoms with Gasteiger partial charge < -0.3 is 15.1 Å². The van der Waals surface area contributed by atoms with Gasteiger partial charge in [0.05, 0.1) is 23.5 Å². The fourth-order valence-corrected chi connectivity index (χ4v) is 2.66. The Morgan fingerprint density at radius 1 is 1.29 bits per heavy atom. The summed E-state index contributed by atoms with van der Waals surface area (Å²) in [6.45, 7) is 5.80. The van der Waals surface area contributed by atoms with Crippen LogP contribution in [-0.2, 0) is 13.0 Å². The Balaban J connectivity index is 2.14. The summed E-state index contributed by atoms with van der Waals surface area (Å²) in [7, 11) is 0. The Morgan fingerprint density at radius 3 is 2.67 bits per heavy atom. The van der Waals surface area contributed by atoms with Crippen molar-refractivity contribution in [1.82, 2.24) is 0 Å². The summed E-state index contributed by atoms with van der Waals surface area (Å²) in [4.78, 5) is 2.20. The van der Waals surface area contributed by atoms with E-state index < -0.39 is 0 Å². The first kappa shape index (κ1) is 15.9. The lowest BCUT2D eigenvalue weighted by atomic mass is 10.0. The van der Waals surface area contributed by atoms with Crippen molar-refractivity contribution in [3.05, 3.63) is 52.9 Å². The lowest BCUT2D eigenvalue weighted by Gasteiger charge is -2.23. The molecule has 2 rings (SSSR count). The van der Waals surface area contributed by atoms with Crippen molar-refractivity contribution in [1.29, 1.82) is 0 Å². The second kappa shape index (κ2) is 7.53. The van der Waals surface area contributed by atoms with Crippen molar-refractivity contribution in [2.75, 3.05) is 11.4 Å². The van der Waals surface area contributed by atoms with Crippen LogP contribution in [0.25, 0.3) is 0 Å². The molecule has 1 aromatic heterocycles. The number of benzene rings is 1. The fourth-order valence-electron chi connectivity index (χ4n) is 2.34. The highest BCUT2D eigenvalue weighted by molar-refractivity contribution is 6.33. The van der Waals surface area contributed by atoms with Gasteiger partial charge in [0.2, 0.25) is 0 Å². The largest absolute Gasteiger partial charge is 0.467 e. The molecular formula is C17H23ClN2O. The third-order valence-electron chi connectivity index (χ3n) is 3.68. The van der Waals surface area contributed by atoms with Gasteiger partial charge in [0, 0.05) is 12.6 Å². The summed E-state index contributed by atoms with van der Waals surface area (Å²) in [5.74, 6) is 0.935. The van der Waals surface area contributed by atoms with Gasteiger partial charge in [0.25, 0.3) is 0 Å². The molecule has 0 radical (unpaired) electrons. The highest BCUT2D eigenvalue weighted by Gasteiger charge is 2.12. The van der Waals surface area contributed by atoms with E-state index in [1.54, 1.807) is 6.26 Å². The zero-order valence-electron chi connectivity index (χ0n) is 12.7. The molecule has 0 saturated heterocycles. The van der Waals surface area contributed by atoms with E-state index >= 15 is 0 Å². The van der Waals surface area contributed by atoms with E-state index in [9.17, 15) is 0 Å². The molecule has 21 heavy (non-hydrogen) atoms. The number of furan rings is 1. The number of halogens is 1. The molecule has 0 spiro atoms. The zero-order valence-corrected chi connectivity index (χ0v) is 13.4. The minimum Gasteiger partial charge on any atom is -0.467 e. The molecule has 0 fully saturated rings. The zero-order chi connectivity index (χ0) is 15.2. The molecule has 1 aromatic carbocycles. The van der Waals surface area contributed by atoms with Gasteiger partial charge in [-0.25, -0.2) is 0 Å². The molecule has 3 nitrogen and oxygen atoms in total. The molecule has 2 N–H and O–H groups in total. The summed E-state index contributed by atoms with van der Waals surface area (Å²) >= 11 is 6.46. The van der Waals surface area contributed by atoms with Crippen LogP contribution >= 0.6 is 11.6 Å². The van der Waals surface area contributed by atoms with E-state index in [0.717, 1.165) is 42.4 Å². The second-order valence-electron chi connectivity index (χ2n) is 5.25. The molecule has 0 bridgehead atoms. The maximum atomic E-state index is 6.46. The minimum atomic E-state index is 0.192. The number of anilines is 1. The van der Waals surface area contributed by atoms with Crippen LogP contribution in [0.3, 0.4) is 0 Å². The van der Waals surface area contributed by atoms with Gasteiger partial charge in [-0.15, -0.1) is 0 Å². The molecule has 1 atom stereocenters. The lowest BCUT2D eigenvalue weighted by Crippen LogP contribution is -2.23.